The van der Waals surface area contributed by atoms with Crippen LogP contribution in [-0.2, 0) is 14.8 Å². The van der Waals surface area contributed by atoms with Gasteiger partial charge in [-0.05, 0) is 18.2 Å². The number of ether oxygens (including phenoxy) is 1. The van der Waals surface area contributed by atoms with Gasteiger partial charge in [-0.25, -0.2) is 22.6 Å². The van der Waals surface area contributed by atoms with Gasteiger partial charge in [-0.15, -0.1) is 11.3 Å². The van der Waals surface area contributed by atoms with Crippen molar-refractivity contribution in [3.8, 4) is 0 Å². The Kier molecular flexibility index (Phi) is 4.45. The quantitative estimate of drug-likeness (QED) is 0.856. The maximum absolute atomic E-state index is 12.9. The van der Waals surface area contributed by atoms with Crippen LogP contribution in [0, 0.1) is 5.82 Å². The van der Waals surface area contributed by atoms with Crippen LogP contribution in [0.3, 0.4) is 0 Å². The van der Waals surface area contributed by atoms with Crippen LogP contribution in [-0.4, -0.2) is 26.5 Å². The van der Waals surface area contributed by atoms with E-state index in [-0.39, 0.29) is 20.6 Å². The number of methoxy groups -OCH3 is 1. The minimum Gasteiger partial charge on any atom is -0.464 e. The summed E-state index contributed by atoms with van der Waals surface area (Å²) in [6.07, 6.45) is 0. The Hall–Kier alpha value is -1.71. The number of hydrogen-bond acceptors (Lipinski definition) is 6. The lowest BCUT2D eigenvalue weighted by atomic mass is 10.3. The number of anilines is 1. The molecular formula is C11H8ClFN2O4S2. The Balaban J connectivity index is 2.39. The second kappa shape index (κ2) is 5.96. The molecule has 112 valence electrons. The number of carbonyl (C=O) groups is 1. The van der Waals surface area contributed by atoms with Gasteiger partial charge < -0.3 is 4.74 Å². The molecule has 0 atom stereocenters. The highest BCUT2D eigenvalue weighted by Gasteiger charge is 2.27. The number of hydrogen-bond donors (Lipinski definition) is 1. The van der Waals surface area contributed by atoms with E-state index < -0.39 is 21.8 Å². The number of nitrogens with zero attached hydrogens (tertiary/aromatic N) is 1. The molecule has 2 rings (SSSR count). The van der Waals surface area contributed by atoms with Crippen LogP contribution in [0.5, 0.6) is 0 Å². The molecular weight excluding hydrogens is 343 g/mol. The van der Waals surface area contributed by atoms with Crippen molar-refractivity contribution in [1.29, 1.82) is 0 Å². The van der Waals surface area contributed by atoms with Gasteiger partial charge in [0.15, 0.2) is 9.90 Å². The van der Waals surface area contributed by atoms with Gasteiger partial charge in [0.2, 0.25) is 0 Å². The molecule has 0 bridgehead atoms. The van der Waals surface area contributed by atoms with Gasteiger partial charge in [0.1, 0.15) is 5.82 Å². The van der Waals surface area contributed by atoms with Gasteiger partial charge in [-0.1, -0.05) is 11.6 Å². The zero-order valence-corrected chi connectivity index (χ0v) is 12.9. The second-order valence-electron chi connectivity index (χ2n) is 3.71. The molecule has 21 heavy (non-hydrogen) atoms. The van der Waals surface area contributed by atoms with E-state index >= 15 is 0 Å². The fourth-order valence-electron chi connectivity index (χ4n) is 1.42. The van der Waals surface area contributed by atoms with Crippen LogP contribution in [0.25, 0.3) is 0 Å². The summed E-state index contributed by atoms with van der Waals surface area (Å²) in [5, 5.41) is -0.109. The monoisotopic (exact) mass is 350 g/mol. The molecule has 0 aliphatic heterocycles. The van der Waals surface area contributed by atoms with Gasteiger partial charge >= 0.3 is 5.97 Å². The number of rotatable bonds is 4. The standard InChI is InChI=1S/C11H8ClFN2O4S2/c1-19-10(16)9-11(20-5-14-9)21(17,18)15-8-3-2-6(13)4-7(8)12/h2-5,15H,1H3. The molecule has 0 aliphatic carbocycles. The van der Waals surface area contributed by atoms with Crippen molar-refractivity contribution >= 4 is 44.6 Å². The van der Waals surface area contributed by atoms with E-state index in [0.717, 1.165) is 30.6 Å². The number of halogens is 2. The summed E-state index contributed by atoms with van der Waals surface area (Å²) >= 11 is 6.50. The fraction of sp³-hybridized carbons (Fsp3) is 0.0909. The summed E-state index contributed by atoms with van der Waals surface area (Å²) in [6, 6.07) is 3.19. The second-order valence-corrected chi connectivity index (χ2v) is 6.85. The summed E-state index contributed by atoms with van der Waals surface area (Å²) in [7, 11) is -2.98. The summed E-state index contributed by atoms with van der Waals surface area (Å²) in [5.41, 5.74) is 0.864. The van der Waals surface area contributed by atoms with Crippen molar-refractivity contribution in [3.05, 3.63) is 40.2 Å². The Morgan fingerprint density at radius 3 is 2.81 bits per heavy atom. The molecule has 0 saturated carbocycles. The average Bonchev–Trinajstić information content (AvgIpc) is 2.91. The molecule has 6 nitrogen and oxygen atoms in total. The first-order valence-corrected chi connectivity index (χ1v) is 8.09. The fourth-order valence-corrected chi connectivity index (χ4v) is 3.91. The summed E-state index contributed by atoms with van der Waals surface area (Å²) in [6.45, 7) is 0. The third-order valence-electron chi connectivity index (χ3n) is 2.33. The van der Waals surface area contributed by atoms with E-state index in [4.69, 9.17) is 11.6 Å². The van der Waals surface area contributed by atoms with Crippen molar-refractivity contribution in [3.63, 3.8) is 0 Å². The number of aromatic nitrogens is 1. The minimum atomic E-state index is -4.09. The van der Waals surface area contributed by atoms with Crippen LogP contribution in [0.4, 0.5) is 10.1 Å². The van der Waals surface area contributed by atoms with Crippen LogP contribution in [0.15, 0.2) is 27.9 Å². The van der Waals surface area contributed by atoms with E-state index in [1.807, 2.05) is 0 Å². The van der Waals surface area contributed by atoms with Crippen LogP contribution in [0.2, 0.25) is 5.02 Å². The van der Waals surface area contributed by atoms with Crippen molar-refractivity contribution in [2.75, 3.05) is 11.8 Å². The summed E-state index contributed by atoms with van der Waals surface area (Å²) < 4.78 is 43.7. The zero-order valence-electron chi connectivity index (χ0n) is 10.5. The molecule has 0 amide bonds. The predicted molar refractivity (Wildman–Crippen MR) is 75.7 cm³/mol. The topological polar surface area (TPSA) is 85.4 Å². The Morgan fingerprint density at radius 2 is 2.19 bits per heavy atom. The SMILES string of the molecule is COC(=O)c1ncsc1S(=O)(=O)Nc1ccc(F)cc1Cl. The minimum absolute atomic E-state index is 0.0118. The smallest absolute Gasteiger partial charge is 0.358 e. The van der Waals surface area contributed by atoms with E-state index in [1.165, 1.54) is 11.6 Å². The molecule has 10 heteroatoms. The largest absolute Gasteiger partial charge is 0.464 e. The molecule has 0 spiro atoms. The predicted octanol–water partition coefficient (Wildman–Crippen LogP) is 2.52. The highest BCUT2D eigenvalue weighted by molar-refractivity contribution is 7.94. The lowest BCUT2D eigenvalue weighted by Crippen LogP contribution is -2.16. The molecule has 1 aromatic heterocycles. The molecule has 0 unspecified atom stereocenters. The number of carbonyl (C=O) groups excluding carboxylic acids is 1. The van der Waals surface area contributed by atoms with Crippen LogP contribution >= 0.6 is 22.9 Å². The van der Waals surface area contributed by atoms with Crippen molar-refractivity contribution < 1.29 is 22.3 Å². The van der Waals surface area contributed by atoms with E-state index in [9.17, 15) is 17.6 Å². The summed E-state index contributed by atoms with van der Waals surface area (Å²) in [5.74, 6) is -1.47. The molecule has 0 saturated heterocycles. The number of benzene rings is 1. The number of thiazole rings is 1. The first-order chi connectivity index (χ1) is 9.85. The molecule has 1 heterocycles. The summed E-state index contributed by atoms with van der Waals surface area (Å²) in [4.78, 5) is 15.1. The van der Waals surface area contributed by atoms with E-state index in [1.54, 1.807) is 0 Å². The van der Waals surface area contributed by atoms with Crippen molar-refractivity contribution in [2.45, 2.75) is 4.21 Å². The number of esters is 1. The third kappa shape index (κ3) is 3.31. The maximum Gasteiger partial charge on any atom is 0.358 e. The molecule has 2 aromatic rings. The van der Waals surface area contributed by atoms with Gasteiger partial charge in [-0.3, -0.25) is 4.72 Å². The molecule has 1 N–H and O–H groups in total. The van der Waals surface area contributed by atoms with Gasteiger partial charge in [0.25, 0.3) is 10.0 Å². The first-order valence-electron chi connectivity index (χ1n) is 5.35. The molecule has 0 aliphatic rings. The maximum atomic E-state index is 12.9. The number of sulfonamides is 1. The first kappa shape index (κ1) is 15.7. The van der Waals surface area contributed by atoms with Gasteiger partial charge in [-0.2, -0.15) is 0 Å². The molecule has 1 aromatic carbocycles. The van der Waals surface area contributed by atoms with Gasteiger partial charge in [0.05, 0.1) is 23.3 Å². The normalized spacial score (nSPS) is 11.2. The Labute approximate surface area is 128 Å². The van der Waals surface area contributed by atoms with Crippen LogP contribution < -0.4 is 4.72 Å². The lowest BCUT2D eigenvalue weighted by molar-refractivity contribution is 0.0590. The highest BCUT2D eigenvalue weighted by Crippen LogP contribution is 2.28. The Bertz CT molecular complexity index is 791. The van der Waals surface area contributed by atoms with Crippen molar-refractivity contribution in [1.82, 2.24) is 4.98 Å². The number of nitrogens with one attached hydrogen (secondary N) is 1. The third-order valence-corrected chi connectivity index (χ3v) is 5.38. The zero-order chi connectivity index (χ0) is 15.6. The Morgan fingerprint density at radius 1 is 1.48 bits per heavy atom. The van der Waals surface area contributed by atoms with Crippen molar-refractivity contribution in [2.24, 2.45) is 0 Å². The van der Waals surface area contributed by atoms with Crippen LogP contribution in [0.1, 0.15) is 10.5 Å². The van der Waals surface area contributed by atoms with Gasteiger partial charge in [0, 0.05) is 0 Å². The highest BCUT2D eigenvalue weighted by atomic mass is 35.5. The average molecular weight is 351 g/mol. The van der Waals surface area contributed by atoms with E-state index in [2.05, 4.69) is 14.4 Å². The molecule has 0 radical (unpaired) electrons. The molecule has 0 fully saturated rings. The lowest BCUT2D eigenvalue weighted by Gasteiger charge is -2.08. The van der Waals surface area contributed by atoms with E-state index in [0.29, 0.717) is 0 Å².